The largest absolute Gasteiger partial charge is 0.265 e. The molecule has 2 nitrogen and oxygen atoms in total. The summed E-state index contributed by atoms with van der Waals surface area (Å²) in [6, 6.07) is 16.4. The number of aromatic nitrogens is 2. The standard InChI is InChI=1S/C20H23N2Si.Ir/c1-15-8-6-9-16(2)20(15)18-14-17(23(3,4)5)10-11-19(18)22-13-7-12-21-22;/h6-10,12-14H,1-5H3;/q-1;. The summed E-state index contributed by atoms with van der Waals surface area (Å²) in [5, 5.41) is 5.84. The predicted molar refractivity (Wildman–Crippen MR) is 100 cm³/mol. The van der Waals surface area contributed by atoms with E-state index in [1.807, 2.05) is 23.1 Å². The van der Waals surface area contributed by atoms with Crippen LogP contribution < -0.4 is 5.19 Å². The minimum Gasteiger partial charge on any atom is -0.265 e. The summed E-state index contributed by atoms with van der Waals surface area (Å²) in [6.45, 7) is 11.5. The number of nitrogens with zero attached hydrogens (tertiary/aromatic N) is 2. The van der Waals surface area contributed by atoms with E-state index in [-0.39, 0.29) is 20.1 Å². The average molecular weight is 512 g/mol. The van der Waals surface area contributed by atoms with Crippen LogP contribution in [0.5, 0.6) is 0 Å². The van der Waals surface area contributed by atoms with Crippen molar-refractivity contribution in [2.75, 3.05) is 0 Å². The number of benzene rings is 2. The van der Waals surface area contributed by atoms with Crippen molar-refractivity contribution in [2.24, 2.45) is 0 Å². The van der Waals surface area contributed by atoms with Crippen LogP contribution in [0.4, 0.5) is 0 Å². The Balaban J connectivity index is 0.00000208. The molecule has 0 fully saturated rings. The quantitative estimate of drug-likeness (QED) is 0.374. The van der Waals surface area contributed by atoms with Crippen LogP contribution >= 0.6 is 0 Å². The van der Waals surface area contributed by atoms with E-state index in [0.717, 1.165) is 5.69 Å². The van der Waals surface area contributed by atoms with Crippen LogP contribution in [0.25, 0.3) is 16.8 Å². The Morgan fingerprint density at radius 1 is 1.04 bits per heavy atom. The molecule has 3 aromatic rings. The first-order valence-electron chi connectivity index (χ1n) is 8.01. The Labute approximate surface area is 159 Å². The summed E-state index contributed by atoms with van der Waals surface area (Å²) in [4.78, 5) is 0. The first kappa shape index (κ1) is 18.8. The third kappa shape index (κ3) is 3.61. The minimum absolute atomic E-state index is 0. The van der Waals surface area contributed by atoms with Crippen LogP contribution in [0.3, 0.4) is 0 Å². The second kappa shape index (κ2) is 7.18. The van der Waals surface area contributed by atoms with Crippen molar-refractivity contribution in [3.63, 3.8) is 0 Å². The number of hydrogen-bond acceptors (Lipinski definition) is 1. The van der Waals surface area contributed by atoms with Gasteiger partial charge in [-0.25, -0.2) is 0 Å². The molecule has 3 rings (SSSR count). The number of rotatable bonds is 3. The van der Waals surface area contributed by atoms with E-state index < -0.39 is 8.07 Å². The summed E-state index contributed by atoms with van der Waals surface area (Å²) < 4.78 is 1.91. The molecule has 0 N–H and O–H groups in total. The molecule has 0 spiro atoms. The fraction of sp³-hybridized carbons (Fsp3) is 0.250. The maximum Gasteiger partial charge on any atom is 0.0493 e. The van der Waals surface area contributed by atoms with Gasteiger partial charge in [-0.1, -0.05) is 54.5 Å². The van der Waals surface area contributed by atoms with Gasteiger partial charge in [-0.2, -0.15) is 28.5 Å². The van der Waals surface area contributed by atoms with Gasteiger partial charge in [-0.15, -0.1) is 5.56 Å². The first-order chi connectivity index (χ1) is 10.9. The third-order valence-corrected chi connectivity index (χ3v) is 6.29. The summed E-state index contributed by atoms with van der Waals surface area (Å²) in [7, 11) is -1.40. The fourth-order valence-corrected chi connectivity index (χ4v) is 4.03. The molecule has 0 aliphatic carbocycles. The second-order valence-electron chi connectivity index (χ2n) is 7.12. The topological polar surface area (TPSA) is 17.8 Å². The van der Waals surface area contributed by atoms with Crippen molar-refractivity contribution < 1.29 is 20.1 Å². The number of hydrogen-bond donors (Lipinski definition) is 0. The Kier molecular flexibility index (Phi) is 5.64. The van der Waals surface area contributed by atoms with Crippen LogP contribution in [0.2, 0.25) is 19.6 Å². The Hall–Kier alpha value is -1.48. The molecule has 0 bridgehead atoms. The Morgan fingerprint density at radius 3 is 2.25 bits per heavy atom. The first-order valence-corrected chi connectivity index (χ1v) is 11.5. The molecular weight excluding hydrogens is 489 g/mol. The SMILES string of the molecule is Cc1cccc(C)c1-c1cc([Si](C)(C)C)c[c-]c1-n1cccn1.[Ir]. The maximum atomic E-state index is 4.42. The van der Waals surface area contributed by atoms with Crippen LogP contribution in [-0.2, 0) is 20.1 Å². The van der Waals surface area contributed by atoms with Gasteiger partial charge in [0, 0.05) is 40.6 Å². The van der Waals surface area contributed by atoms with E-state index in [1.165, 1.54) is 27.4 Å². The molecule has 1 heterocycles. The molecular formula is C20H23IrN2Si-. The van der Waals surface area contributed by atoms with Gasteiger partial charge in [0.25, 0.3) is 0 Å². The van der Waals surface area contributed by atoms with Crippen LogP contribution in [0, 0.1) is 19.9 Å². The summed E-state index contributed by atoms with van der Waals surface area (Å²) in [5.41, 5.74) is 6.13. The van der Waals surface area contributed by atoms with Crippen molar-refractivity contribution in [2.45, 2.75) is 33.5 Å². The Bertz CT molecular complexity index is 813. The molecule has 1 aromatic heterocycles. The second-order valence-corrected chi connectivity index (χ2v) is 12.2. The zero-order valence-electron chi connectivity index (χ0n) is 14.8. The zero-order valence-corrected chi connectivity index (χ0v) is 18.2. The Morgan fingerprint density at radius 2 is 1.71 bits per heavy atom. The molecule has 0 unspecified atom stereocenters. The van der Waals surface area contributed by atoms with Gasteiger partial charge in [0.15, 0.2) is 0 Å². The van der Waals surface area contributed by atoms with Gasteiger partial charge in [0.2, 0.25) is 0 Å². The third-order valence-electron chi connectivity index (χ3n) is 4.27. The zero-order chi connectivity index (χ0) is 16.6. The maximum absolute atomic E-state index is 4.42. The molecule has 0 saturated heterocycles. The van der Waals surface area contributed by atoms with Gasteiger partial charge >= 0.3 is 0 Å². The minimum atomic E-state index is -1.40. The predicted octanol–water partition coefficient (Wildman–Crippen LogP) is 4.50. The van der Waals surface area contributed by atoms with E-state index >= 15 is 0 Å². The fourth-order valence-electron chi connectivity index (χ4n) is 2.94. The summed E-state index contributed by atoms with van der Waals surface area (Å²) in [5.74, 6) is 0. The van der Waals surface area contributed by atoms with Crippen LogP contribution in [-0.4, -0.2) is 17.9 Å². The van der Waals surface area contributed by atoms with E-state index in [0.29, 0.717) is 0 Å². The van der Waals surface area contributed by atoms with Crippen molar-refractivity contribution in [1.82, 2.24) is 9.78 Å². The van der Waals surface area contributed by atoms with Crippen molar-refractivity contribution in [3.05, 3.63) is 66.0 Å². The van der Waals surface area contributed by atoms with E-state index in [4.69, 9.17) is 0 Å². The molecule has 0 aliphatic heterocycles. The molecule has 1 radical (unpaired) electrons. The van der Waals surface area contributed by atoms with Crippen molar-refractivity contribution >= 4 is 13.3 Å². The van der Waals surface area contributed by atoms with Gasteiger partial charge in [-0.05, 0) is 25.6 Å². The smallest absolute Gasteiger partial charge is 0.0493 e. The monoisotopic (exact) mass is 512 g/mol. The van der Waals surface area contributed by atoms with E-state index in [1.54, 1.807) is 0 Å². The molecule has 2 aromatic carbocycles. The molecule has 24 heavy (non-hydrogen) atoms. The summed E-state index contributed by atoms with van der Waals surface area (Å²) in [6.07, 6.45) is 3.80. The van der Waals surface area contributed by atoms with Gasteiger partial charge < -0.3 is 0 Å². The van der Waals surface area contributed by atoms with Gasteiger partial charge in [0.1, 0.15) is 0 Å². The normalized spacial score (nSPS) is 11.2. The molecule has 0 aliphatic rings. The van der Waals surface area contributed by atoms with Crippen molar-refractivity contribution in [1.29, 1.82) is 0 Å². The van der Waals surface area contributed by atoms with Crippen LogP contribution in [0.15, 0.2) is 48.8 Å². The molecule has 0 saturated carbocycles. The van der Waals surface area contributed by atoms with Gasteiger partial charge in [-0.3, -0.25) is 4.68 Å². The van der Waals surface area contributed by atoms with E-state index in [9.17, 15) is 0 Å². The molecule has 0 amide bonds. The average Bonchev–Trinajstić information content (AvgIpc) is 3.00. The number of aryl methyl sites for hydroxylation is 2. The van der Waals surface area contributed by atoms with Crippen molar-refractivity contribution in [3.8, 4) is 16.8 Å². The van der Waals surface area contributed by atoms with E-state index in [2.05, 4.69) is 75.0 Å². The summed E-state index contributed by atoms with van der Waals surface area (Å²) >= 11 is 0. The molecule has 0 atom stereocenters. The van der Waals surface area contributed by atoms with Crippen LogP contribution in [0.1, 0.15) is 11.1 Å². The van der Waals surface area contributed by atoms with Gasteiger partial charge in [0.05, 0.1) is 0 Å². The molecule has 4 heteroatoms. The molecule has 127 valence electrons.